The van der Waals surface area contributed by atoms with Gasteiger partial charge in [0.2, 0.25) is 0 Å². The second-order valence-electron chi connectivity index (χ2n) is 12.6. The fourth-order valence-electron chi connectivity index (χ4n) is 7.31. The summed E-state index contributed by atoms with van der Waals surface area (Å²) in [7, 11) is 0. The van der Waals surface area contributed by atoms with Crippen molar-refractivity contribution in [3.05, 3.63) is 216 Å². The number of para-hydroxylation sites is 2. The number of hydrogen-bond donors (Lipinski definition) is 0. The molecule has 2 heterocycles. The lowest BCUT2D eigenvalue weighted by molar-refractivity contribution is 0.434. The Bertz CT molecular complexity index is 2390. The van der Waals surface area contributed by atoms with E-state index >= 15 is 0 Å². The second kappa shape index (κ2) is 12.5. The van der Waals surface area contributed by atoms with Gasteiger partial charge in [-0.25, -0.2) is 9.97 Å². The highest BCUT2D eigenvalue weighted by atomic mass is 16.5. The average Bonchev–Trinajstić information content (AvgIpc) is 3.21. The van der Waals surface area contributed by atoms with E-state index in [4.69, 9.17) is 14.7 Å². The summed E-state index contributed by atoms with van der Waals surface area (Å²) in [6.07, 6.45) is 0. The minimum Gasteiger partial charge on any atom is -0.457 e. The lowest BCUT2D eigenvalue weighted by atomic mass is 9.63. The molecule has 3 heteroatoms. The zero-order valence-corrected chi connectivity index (χ0v) is 27.3. The third kappa shape index (κ3) is 5.08. The quantitative estimate of drug-likeness (QED) is 0.181. The summed E-state index contributed by atoms with van der Waals surface area (Å²) in [4.78, 5) is 10.3. The van der Waals surface area contributed by atoms with Crippen molar-refractivity contribution in [2.75, 3.05) is 0 Å². The normalized spacial score (nSPS) is 12.7. The minimum atomic E-state index is -0.582. The van der Waals surface area contributed by atoms with E-state index in [1.807, 2.05) is 36.4 Å². The van der Waals surface area contributed by atoms with Crippen molar-refractivity contribution in [2.24, 2.45) is 0 Å². The Morgan fingerprint density at radius 2 is 0.820 bits per heavy atom. The third-order valence-corrected chi connectivity index (χ3v) is 9.65. The molecule has 0 aliphatic carbocycles. The van der Waals surface area contributed by atoms with Crippen molar-refractivity contribution in [1.29, 1.82) is 0 Å². The van der Waals surface area contributed by atoms with Gasteiger partial charge in [0.15, 0.2) is 5.82 Å². The van der Waals surface area contributed by atoms with Gasteiger partial charge in [0.1, 0.15) is 11.5 Å². The van der Waals surface area contributed by atoms with E-state index in [9.17, 15) is 0 Å². The molecule has 0 fully saturated rings. The molecule has 0 unspecified atom stereocenters. The molecule has 50 heavy (non-hydrogen) atoms. The maximum Gasteiger partial charge on any atom is 0.160 e. The van der Waals surface area contributed by atoms with E-state index in [1.54, 1.807) is 0 Å². The molecule has 0 spiro atoms. The lowest BCUT2D eigenvalue weighted by Gasteiger charge is -2.41. The minimum absolute atomic E-state index is 0.582. The summed E-state index contributed by atoms with van der Waals surface area (Å²) in [5, 5.41) is 0. The SMILES string of the molecule is c1ccc(-c2cccc(-c3cc(-c4ccccc4)nc(-c4ccc(C5(c6ccccc6)c6ccccc6Oc6ccccc65)cc4)n3)c2)cc1. The molecule has 0 saturated carbocycles. The summed E-state index contributed by atoms with van der Waals surface area (Å²) in [5.74, 6) is 2.40. The molecule has 8 aromatic rings. The van der Waals surface area contributed by atoms with Crippen molar-refractivity contribution in [1.82, 2.24) is 9.97 Å². The predicted molar refractivity (Wildman–Crippen MR) is 202 cm³/mol. The van der Waals surface area contributed by atoms with Gasteiger partial charge in [-0.3, -0.25) is 0 Å². The topological polar surface area (TPSA) is 35.0 Å². The standard InChI is InChI=1S/C47H32N2O/c1-4-15-33(16-5-1)36-19-14-20-37(31-36)43-32-42(34-17-6-2-7-18-34)48-46(49-43)35-27-29-39(30-28-35)47(38-21-8-3-9-22-38)40-23-10-12-25-44(40)50-45-26-13-11-24-41(45)47/h1-32H. The number of ether oxygens (including phenoxy) is 1. The van der Waals surface area contributed by atoms with Crippen LogP contribution in [0.15, 0.2) is 194 Å². The van der Waals surface area contributed by atoms with Crippen LogP contribution >= 0.6 is 0 Å². The molecule has 0 atom stereocenters. The highest BCUT2D eigenvalue weighted by molar-refractivity contribution is 5.76. The number of benzene rings is 7. The number of nitrogens with zero attached hydrogens (tertiary/aromatic N) is 2. The van der Waals surface area contributed by atoms with Crippen LogP contribution in [0.3, 0.4) is 0 Å². The molecule has 7 aromatic carbocycles. The maximum atomic E-state index is 6.50. The van der Waals surface area contributed by atoms with Crippen LogP contribution in [-0.2, 0) is 5.41 Å². The Hall–Kier alpha value is -6.58. The zero-order valence-electron chi connectivity index (χ0n) is 27.3. The summed E-state index contributed by atoms with van der Waals surface area (Å²) in [6.45, 7) is 0. The zero-order chi connectivity index (χ0) is 33.3. The van der Waals surface area contributed by atoms with Crippen LogP contribution in [0.2, 0.25) is 0 Å². The van der Waals surface area contributed by atoms with Gasteiger partial charge in [-0.15, -0.1) is 0 Å². The summed E-state index contributed by atoms with van der Waals surface area (Å²) < 4.78 is 6.50. The molecule has 0 amide bonds. The van der Waals surface area contributed by atoms with Crippen molar-refractivity contribution < 1.29 is 4.74 Å². The molecule has 236 valence electrons. The molecule has 0 bridgehead atoms. The number of rotatable bonds is 6. The van der Waals surface area contributed by atoms with Gasteiger partial charge in [0.05, 0.1) is 16.8 Å². The Kier molecular flexibility index (Phi) is 7.37. The summed E-state index contributed by atoms with van der Waals surface area (Å²) in [6, 6.07) is 67.8. The van der Waals surface area contributed by atoms with Gasteiger partial charge in [-0.1, -0.05) is 170 Å². The molecular weight excluding hydrogens is 609 g/mol. The van der Waals surface area contributed by atoms with Gasteiger partial charge in [0.25, 0.3) is 0 Å². The van der Waals surface area contributed by atoms with Crippen LogP contribution in [0.1, 0.15) is 22.3 Å². The van der Waals surface area contributed by atoms with Gasteiger partial charge >= 0.3 is 0 Å². The van der Waals surface area contributed by atoms with Crippen LogP contribution in [0.5, 0.6) is 11.5 Å². The number of fused-ring (bicyclic) bond motifs is 2. The lowest BCUT2D eigenvalue weighted by Crippen LogP contribution is -2.34. The fraction of sp³-hybridized carbons (Fsp3) is 0.0213. The molecule has 1 aliphatic heterocycles. The monoisotopic (exact) mass is 640 g/mol. The van der Waals surface area contributed by atoms with Crippen LogP contribution in [-0.4, -0.2) is 9.97 Å². The first-order valence-corrected chi connectivity index (χ1v) is 16.9. The first-order chi connectivity index (χ1) is 24.8. The van der Waals surface area contributed by atoms with E-state index in [1.165, 1.54) is 11.1 Å². The third-order valence-electron chi connectivity index (χ3n) is 9.65. The molecule has 0 radical (unpaired) electrons. The van der Waals surface area contributed by atoms with Crippen molar-refractivity contribution in [2.45, 2.75) is 5.41 Å². The van der Waals surface area contributed by atoms with Crippen molar-refractivity contribution in [3.8, 4) is 56.5 Å². The van der Waals surface area contributed by atoms with E-state index in [-0.39, 0.29) is 0 Å². The van der Waals surface area contributed by atoms with E-state index in [0.717, 1.165) is 61.8 Å². The van der Waals surface area contributed by atoms with Crippen molar-refractivity contribution in [3.63, 3.8) is 0 Å². The Balaban J connectivity index is 1.21. The molecular formula is C47H32N2O. The molecule has 3 nitrogen and oxygen atoms in total. The maximum absolute atomic E-state index is 6.50. The van der Waals surface area contributed by atoms with Gasteiger partial charge in [-0.05, 0) is 46.5 Å². The van der Waals surface area contributed by atoms with E-state index in [2.05, 4.69) is 158 Å². The smallest absolute Gasteiger partial charge is 0.160 e. The van der Waals surface area contributed by atoms with E-state index < -0.39 is 5.41 Å². The van der Waals surface area contributed by atoms with Crippen LogP contribution in [0, 0.1) is 0 Å². The van der Waals surface area contributed by atoms with Gasteiger partial charge in [0, 0.05) is 27.8 Å². The largest absolute Gasteiger partial charge is 0.457 e. The highest BCUT2D eigenvalue weighted by Gasteiger charge is 2.45. The van der Waals surface area contributed by atoms with Crippen LogP contribution in [0.4, 0.5) is 0 Å². The average molecular weight is 641 g/mol. The predicted octanol–water partition coefficient (Wildman–Crippen LogP) is 11.6. The first-order valence-electron chi connectivity index (χ1n) is 16.9. The molecule has 1 aliphatic rings. The Labute approximate surface area is 292 Å². The molecule has 9 rings (SSSR count). The van der Waals surface area contributed by atoms with Gasteiger partial charge < -0.3 is 4.74 Å². The molecule has 1 aromatic heterocycles. The van der Waals surface area contributed by atoms with Crippen LogP contribution in [0.25, 0.3) is 45.0 Å². The van der Waals surface area contributed by atoms with Gasteiger partial charge in [-0.2, -0.15) is 0 Å². The Morgan fingerprint density at radius 1 is 0.340 bits per heavy atom. The summed E-state index contributed by atoms with van der Waals surface area (Å²) >= 11 is 0. The fourth-order valence-corrected chi connectivity index (χ4v) is 7.31. The number of hydrogen-bond acceptors (Lipinski definition) is 3. The molecule has 0 saturated heterocycles. The van der Waals surface area contributed by atoms with E-state index in [0.29, 0.717) is 5.82 Å². The highest BCUT2D eigenvalue weighted by Crippen LogP contribution is 2.55. The van der Waals surface area contributed by atoms with Crippen molar-refractivity contribution >= 4 is 0 Å². The second-order valence-corrected chi connectivity index (χ2v) is 12.6. The Morgan fingerprint density at radius 3 is 1.46 bits per heavy atom. The summed E-state index contributed by atoms with van der Waals surface area (Å²) in [5.41, 5.74) is 11.1. The molecule has 0 N–H and O–H groups in total. The van der Waals surface area contributed by atoms with Crippen LogP contribution < -0.4 is 4.74 Å². The first kappa shape index (κ1) is 29.6. The number of aromatic nitrogens is 2.